The summed E-state index contributed by atoms with van der Waals surface area (Å²) in [5.74, 6) is -1.06. The molecule has 1 atom stereocenters. The van der Waals surface area contributed by atoms with Crippen LogP contribution in [-0.4, -0.2) is 32.4 Å². The van der Waals surface area contributed by atoms with Crippen LogP contribution in [0.25, 0.3) is 0 Å². The minimum absolute atomic E-state index is 0.296. The highest BCUT2D eigenvalue weighted by Gasteiger charge is 2.46. The molecule has 9 nitrogen and oxygen atoms in total. The van der Waals surface area contributed by atoms with Crippen molar-refractivity contribution in [2.75, 3.05) is 0 Å². The lowest BCUT2D eigenvalue weighted by atomic mass is 9.67. The van der Waals surface area contributed by atoms with E-state index in [1.165, 1.54) is 12.1 Å². The van der Waals surface area contributed by atoms with Gasteiger partial charge in [0.15, 0.2) is 5.82 Å². The molecule has 0 saturated carbocycles. The quantitative estimate of drug-likeness (QED) is 0.326. The summed E-state index contributed by atoms with van der Waals surface area (Å²) in [4.78, 5) is 23.9. The van der Waals surface area contributed by atoms with Crippen LogP contribution in [0.1, 0.15) is 66.8 Å². The van der Waals surface area contributed by atoms with Crippen molar-refractivity contribution < 1.29 is 14.0 Å². The van der Waals surface area contributed by atoms with Crippen molar-refractivity contribution in [3.8, 4) is 0 Å². The van der Waals surface area contributed by atoms with Crippen LogP contribution < -0.4 is 17.2 Å². The molecule has 7 N–H and O–H groups in total. The number of nitrogens with two attached hydrogens (primary N) is 3. The molecule has 5 rings (SSSR count). The number of H-pyrrole nitrogens is 1. The second-order valence-electron chi connectivity index (χ2n) is 8.98. The van der Waals surface area contributed by atoms with Gasteiger partial charge in [-0.05, 0) is 83.5 Å². The molecule has 0 radical (unpaired) electrons. The van der Waals surface area contributed by atoms with Crippen LogP contribution in [-0.2, 0) is 18.3 Å². The number of benzene rings is 3. The molecule has 4 aromatic rings. The van der Waals surface area contributed by atoms with E-state index in [9.17, 15) is 14.0 Å². The molecule has 1 aromatic heterocycles. The second-order valence-corrected chi connectivity index (χ2v) is 8.98. The number of nitrogens with one attached hydrogen (secondary N) is 1. The Hall–Kier alpha value is -4.44. The zero-order valence-electron chi connectivity index (χ0n) is 19.2. The lowest BCUT2D eigenvalue weighted by molar-refractivity contribution is 0.0991. The smallest absolute Gasteiger partial charge is 0.248 e. The van der Waals surface area contributed by atoms with E-state index < -0.39 is 23.3 Å². The molecule has 1 heterocycles. The normalized spacial score (nSPS) is 14.8. The van der Waals surface area contributed by atoms with E-state index in [4.69, 9.17) is 17.2 Å². The number of aromatic nitrogens is 4. The Balaban J connectivity index is 1.79. The Bertz CT molecular complexity index is 1390. The number of amides is 2. The highest BCUT2D eigenvalue weighted by Crippen LogP contribution is 2.48. The van der Waals surface area contributed by atoms with Crippen LogP contribution in [0.2, 0.25) is 0 Å². The maximum Gasteiger partial charge on any atom is 0.248 e. The Morgan fingerprint density at radius 3 is 1.94 bits per heavy atom. The maximum absolute atomic E-state index is 13.6. The summed E-state index contributed by atoms with van der Waals surface area (Å²) in [5, 5.41) is 15.1. The number of halogens is 1. The SMILES string of the molecule is NC(=O)c1ccc2c(c1)CCc1cc(C(N)=O)ccc1C2(C[C@@H](N)c1ccc(F)cc1)c1nn[nH]n1. The molecule has 36 heavy (non-hydrogen) atoms. The largest absolute Gasteiger partial charge is 0.366 e. The van der Waals surface area contributed by atoms with Crippen molar-refractivity contribution >= 4 is 11.8 Å². The van der Waals surface area contributed by atoms with E-state index in [1.54, 1.807) is 36.4 Å². The molecule has 1 aliphatic rings. The molecule has 1 aliphatic carbocycles. The van der Waals surface area contributed by atoms with Gasteiger partial charge in [-0.3, -0.25) is 9.59 Å². The van der Waals surface area contributed by atoms with Gasteiger partial charge >= 0.3 is 0 Å². The van der Waals surface area contributed by atoms with Gasteiger partial charge in [0.05, 0.1) is 5.41 Å². The molecule has 0 spiro atoms. The van der Waals surface area contributed by atoms with Gasteiger partial charge in [-0.2, -0.15) is 5.21 Å². The van der Waals surface area contributed by atoms with E-state index in [0.29, 0.717) is 36.2 Å². The number of hydrogen-bond acceptors (Lipinski definition) is 6. The third-order valence-corrected chi connectivity index (χ3v) is 6.91. The van der Waals surface area contributed by atoms with Crippen LogP contribution in [0.4, 0.5) is 4.39 Å². The van der Waals surface area contributed by atoms with E-state index in [0.717, 1.165) is 27.8 Å². The first-order valence-electron chi connectivity index (χ1n) is 11.4. The molecule has 0 unspecified atom stereocenters. The number of aryl methyl sites for hydroxylation is 2. The lowest BCUT2D eigenvalue weighted by Crippen LogP contribution is -2.36. The third-order valence-electron chi connectivity index (χ3n) is 6.91. The number of aromatic amines is 1. The van der Waals surface area contributed by atoms with Crippen molar-refractivity contribution in [3.63, 3.8) is 0 Å². The molecular formula is C26H24FN7O2. The molecule has 0 aliphatic heterocycles. The van der Waals surface area contributed by atoms with Crippen LogP contribution >= 0.6 is 0 Å². The highest BCUT2D eigenvalue weighted by atomic mass is 19.1. The molecule has 3 aromatic carbocycles. The standard InChI is InChI=1S/C26H24FN7O2/c27-19-7-3-14(4-8-19)22(28)13-26(25-31-33-34-32-25)20-9-5-17(23(29)35)11-15(20)1-2-16-12-18(24(30)36)6-10-21(16)26/h3-12,22H,1-2,13,28H2,(H2,29,35)(H2,30,36)(H,31,32,33,34)/t22-/m1/s1. The third kappa shape index (κ3) is 3.91. The van der Waals surface area contributed by atoms with Gasteiger partial charge in [0.1, 0.15) is 5.82 Å². The predicted octanol–water partition coefficient (Wildman–Crippen LogP) is 2.06. The van der Waals surface area contributed by atoms with Crippen LogP contribution in [0.3, 0.4) is 0 Å². The van der Waals surface area contributed by atoms with Crippen LogP contribution in [0.15, 0.2) is 60.7 Å². The van der Waals surface area contributed by atoms with Gasteiger partial charge in [-0.15, -0.1) is 10.2 Å². The van der Waals surface area contributed by atoms with Crippen molar-refractivity contribution in [2.45, 2.75) is 30.7 Å². The number of carbonyl (C=O) groups is 2. The number of rotatable bonds is 6. The minimum atomic E-state index is -1.01. The van der Waals surface area contributed by atoms with Crippen molar-refractivity contribution in [3.05, 3.63) is 111 Å². The number of nitrogens with zero attached hydrogens (tertiary/aromatic N) is 3. The highest BCUT2D eigenvalue weighted by molar-refractivity contribution is 5.94. The summed E-state index contributed by atoms with van der Waals surface area (Å²) >= 11 is 0. The first-order chi connectivity index (χ1) is 17.3. The van der Waals surface area contributed by atoms with E-state index >= 15 is 0 Å². The molecule has 0 fully saturated rings. The molecular weight excluding hydrogens is 461 g/mol. The van der Waals surface area contributed by atoms with Crippen LogP contribution in [0, 0.1) is 5.82 Å². The summed E-state index contributed by atoms with van der Waals surface area (Å²) in [7, 11) is 0. The molecule has 10 heteroatoms. The number of carbonyl (C=O) groups excluding carboxylic acids is 2. The zero-order chi connectivity index (χ0) is 25.4. The first kappa shape index (κ1) is 23.3. The zero-order valence-corrected chi connectivity index (χ0v) is 19.2. The second kappa shape index (κ2) is 8.97. The van der Waals surface area contributed by atoms with E-state index in [2.05, 4.69) is 20.6 Å². The van der Waals surface area contributed by atoms with Crippen molar-refractivity contribution in [2.24, 2.45) is 17.2 Å². The van der Waals surface area contributed by atoms with Crippen LogP contribution in [0.5, 0.6) is 0 Å². The van der Waals surface area contributed by atoms with Crippen molar-refractivity contribution in [1.29, 1.82) is 0 Å². The number of primary amides is 2. The molecule has 182 valence electrons. The van der Waals surface area contributed by atoms with E-state index in [-0.39, 0.29) is 5.82 Å². The van der Waals surface area contributed by atoms with E-state index in [1.807, 2.05) is 12.1 Å². The summed E-state index contributed by atoms with van der Waals surface area (Å²) in [5.41, 5.74) is 21.8. The number of tetrazole rings is 1. The van der Waals surface area contributed by atoms with Gasteiger partial charge in [-0.1, -0.05) is 29.5 Å². The molecule has 0 bridgehead atoms. The number of fused-ring (bicyclic) bond motifs is 2. The average molecular weight is 486 g/mol. The number of hydrogen-bond donors (Lipinski definition) is 4. The monoisotopic (exact) mass is 485 g/mol. The first-order valence-corrected chi connectivity index (χ1v) is 11.4. The van der Waals surface area contributed by atoms with Crippen molar-refractivity contribution in [1.82, 2.24) is 20.6 Å². The summed E-state index contributed by atoms with van der Waals surface area (Å²) in [6, 6.07) is 16.1. The Morgan fingerprint density at radius 2 is 1.47 bits per heavy atom. The fourth-order valence-corrected chi connectivity index (χ4v) is 5.21. The van der Waals surface area contributed by atoms with Gasteiger partial charge in [-0.25, -0.2) is 4.39 Å². The fraction of sp³-hybridized carbons (Fsp3) is 0.192. The Labute approximate surface area is 205 Å². The molecule has 2 amide bonds. The Morgan fingerprint density at radius 1 is 0.917 bits per heavy atom. The van der Waals surface area contributed by atoms with Gasteiger partial charge in [0, 0.05) is 17.2 Å². The van der Waals surface area contributed by atoms with Gasteiger partial charge in [0.25, 0.3) is 0 Å². The predicted molar refractivity (Wildman–Crippen MR) is 129 cm³/mol. The Kier molecular flexibility index (Phi) is 5.81. The molecule has 0 saturated heterocycles. The summed E-state index contributed by atoms with van der Waals surface area (Å²) < 4.78 is 13.6. The maximum atomic E-state index is 13.6. The fourth-order valence-electron chi connectivity index (χ4n) is 5.21. The summed E-state index contributed by atoms with van der Waals surface area (Å²) in [6.45, 7) is 0. The summed E-state index contributed by atoms with van der Waals surface area (Å²) in [6.07, 6.45) is 1.43. The minimum Gasteiger partial charge on any atom is -0.366 e. The average Bonchev–Trinajstić information content (AvgIpc) is 3.37. The van der Waals surface area contributed by atoms with Gasteiger partial charge in [0.2, 0.25) is 11.8 Å². The van der Waals surface area contributed by atoms with Gasteiger partial charge < -0.3 is 17.2 Å². The topological polar surface area (TPSA) is 167 Å². The lowest BCUT2D eigenvalue weighted by Gasteiger charge is -2.36.